The Balaban J connectivity index is 3.71. The topological polar surface area (TPSA) is 17.1 Å². The van der Waals surface area contributed by atoms with E-state index in [1.54, 1.807) is 18.4 Å². The van der Waals surface area contributed by atoms with Gasteiger partial charge in [-0.25, -0.2) is 0 Å². The summed E-state index contributed by atoms with van der Waals surface area (Å²) in [5, 5.41) is 0. The van der Waals surface area contributed by atoms with Gasteiger partial charge >= 0.3 is 0 Å². The Bertz CT molecular complexity index is 112. The molecular formula is C7H9O. The Kier molecular flexibility index (Phi) is 3.85. The number of carbonyl (C=O) groups excluding carboxylic acids is 1. The second-order valence-corrected chi connectivity index (χ2v) is 1.41. The van der Waals surface area contributed by atoms with Gasteiger partial charge in [-0.15, -0.1) is 6.58 Å². The van der Waals surface area contributed by atoms with Crippen molar-refractivity contribution in [3.63, 3.8) is 0 Å². The molecule has 0 unspecified atom stereocenters. The SMILES string of the molecule is C=CCC([C]=O)=CC. The van der Waals surface area contributed by atoms with Crippen molar-refractivity contribution in [1.82, 2.24) is 0 Å². The molecule has 0 spiro atoms. The van der Waals surface area contributed by atoms with Crippen molar-refractivity contribution in [2.45, 2.75) is 13.3 Å². The van der Waals surface area contributed by atoms with Gasteiger partial charge in [-0.2, -0.15) is 0 Å². The molecule has 0 rings (SSSR count). The molecule has 0 aromatic heterocycles. The fourth-order valence-corrected chi connectivity index (χ4v) is 0.374. The van der Waals surface area contributed by atoms with Gasteiger partial charge in [-0.1, -0.05) is 12.2 Å². The first kappa shape index (κ1) is 7.15. The summed E-state index contributed by atoms with van der Waals surface area (Å²) in [6, 6.07) is 0. The van der Waals surface area contributed by atoms with E-state index in [-0.39, 0.29) is 0 Å². The van der Waals surface area contributed by atoms with Crippen molar-refractivity contribution in [2.24, 2.45) is 0 Å². The van der Waals surface area contributed by atoms with E-state index in [4.69, 9.17) is 0 Å². The van der Waals surface area contributed by atoms with Gasteiger partial charge in [-0.3, -0.25) is 4.79 Å². The highest BCUT2D eigenvalue weighted by atomic mass is 16.1. The Morgan fingerprint density at radius 1 is 1.88 bits per heavy atom. The zero-order valence-electron chi connectivity index (χ0n) is 4.98. The zero-order valence-corrected chi connectivity index (χ0v) is 4.98. The summed E-state index contributed by atoms with van der Waals surface area (Å²) in [7, 11) is 0. The molecule has 0 heterocycles. The van der Waals surface area contributed by atoms with Gasteiger partial charge in [0.25, 0.3) is 0 Å². The van der Waals surface area contributed by atoms with Crippen LogP contribution in [0, 0.1) is 0 Å². The average Bonchev–Trinajstić information content (AvgIpc) is 1.83. The normalized spacial score (nSPS) is 10.9. The van der Waals surface area contributed by atoms with E-state index in [0.717, 1.165) is 0 Å². The van der Waals surface area contributed by atoms with Crippen LogP contribution in [0.3, 0.4) is 0 Å². The molecule has 0 aromatic carbocycles. The summed E-state index contributed by atoms with van der Waals surface area (Å²) in [4.78, 5) is 9.88. The van der Waals surface area contributed by atoms with Crippen LogP contribution in [0.4, 0.5) is 0 Å². The van der Waals surface area contributed by atoms with Gasteiger partial charge in [0.2, 0.25) is 6.29 Å². The van der Waals surface area contributed by atoms with Crippen molar-refractivity contribution in [3.05, 3.63) is 24.3 Å². The molecule has 8 heavy (non-hydrogen) atoms. The third kappa shape index (κ3) is 2.35. The third-order valence-corrected chi connectivity index (χ3v) is 0.844. The van der Waals surface area contributed by atoms with Crippen molar-refractivity contribution < 1.29 is 4.79 Å². The van der Waals surface area contributed by atoms with Crippen LogP contribution in [0.5, 0.6) is 0 Å². The molecule has 43 valence electrons. The molecule has 0 bridgehead atoms. The van der Waals surface area contributed by atoms with E-state index in [2.05, 4.69) is 6.58 Å². The molecule has 1 radical (unpaired) electrons. The molecule has 0 amide bonds. The minimum Gasteiger partial charge on any atom is -0.285 e. The number of rotatable bonds is 3. The number of hydrogen-bond acceptors (Lipinski definition) is 1. The van der Waals surface area contributed by atoms with Crippen molar-refractivity contribution in [2.75, 3.05) is 0 Å². The highest BCUT2D eigenvalue weighted by molar-refractivity contribution is 5.74. The molecular weight excluding hydrogens is 100 g/mol. The van der Waals surface area contributed by atoms with Crippen LogP contribution in [0.25, 0.3) is 0 Å². The van der Waals surface area contributed by atoms with E-state index in [9.17, 15) is 4.79 Å². The minimum absolute atomic E-state index is 0.625. The lowest BCUT2D eigenvalue weighted by molar-refractivity contribution is 0.561. The predicted molar refractivity (Wildman–Crippen MR) is 34.3 cm³/mol. The summed E-state index contributed by atoms with van der Waals surface area (Å²) in [6.07, 6.45) is 5.83. The minimum atomic E-state index is 0.625. The molecule has 0 aliphatic heterocycles. The maximum atomic E-state index is 9.88. The first-order valence-corrected chi connectivity index (χ1v) is 2.49. The lowest BCUT2D eigenvalue weighted by atomic mass is 10.2. The maximum Gasteiger partial charge on any atom is 0.229 e. The molecule has 0 aromatic rings. The Morgan fingerprint density at radius 3 is 2.62 bits per heavy atom. The molecule has 0 fully saturated rings. The Labute approximate surface area is 49.7 Å². The largest absolute Gasteiger partial charge is 0.285 e. The van der Waals surface area contributed by atoms with Crippen LogP contribution >= 0.6 is 0 Å². The molecule has 0 aliphatic carbocycles. The fourth-order valence-electron chi connectivity index (χ4n) is 0.374. The Hall–Kier alpha value is -0.850. The lowest BCUT2D eigenvalue weighted by Gasteiger charge is -1.84. The molecule has 0 aliphatic rings. The van der Waals surface area contributed by atoms with Crippen LogP contribution in [-0.2, 0) is 4.79 Å². The van der Waals surface area contributed by atoms with E-state index in [1.165, 1.54) is 0 Å². The quantitative estimate of drug-likeness (QED) is 0.397. The highest BCUT2D eigenvalue weighted by Crippen LogP contribution is 1.95. The molecule has 0 saturated carbocycles. The van der Waals surface area contributed by atoms with E-state index >= 15 is 0 Å². The number of hydrogen-bond donors (Lipinski definition) is 0. The van der Waals surface area contributed by atoms with Gasteiger partial charge in [0.15, 0.2) is 0 Å². The predicted octanol–water partition coefficient (Wildman–Crippen LogP) is 1.62. The van der Waals surface area contributed by atoms with E-state index in [0.29, 0.717) is 12.0 Å². The van der Waals surface area contributed by atoms with Crippen LogP contribution in [0.1, 0.15) is 13.3 Å². The van der Waals surface area contributed by atoms with E-state index in [1.807, 2.05) is 6.92 Å². The van der Waals surface area contributed by atoms with Gasteiger partial charge in [0.05, 0.1) is 0 Å². The van der Waals surface area contributed by atoms with Crippen molar-refractivity contribution in [3.8, 4) is 0 Å². The lowest BCUT2D eigenvalue weighted by Crippen LogP contribution is -1.78. The zero-order chi connectivity index (χ0) is 6.41. The average molecular weight is 109 g/mol. The first-order chi connectivity index (χ1) is 3.85. The molecule has 1 heteroatoms. The van der Waals surface area contributed by atoms with Crippen LogP contribution in [0.2, 0.25) is 0 Å². The third-order valence-electron chi connectivity index (χ3n) is 0.844. The van der Waals surface area contributed by atoms with Crippen LogP contribution < -0.4 is 0 Å². The summed E-state index contributed by atoms with van der Waals surface area (Å²) in [5.41, 5.74) is 0.667. The molecule has 0 N–H and O–H groups in total. The van der Waals surface area contributed by atoms with Crippen LogP contribution in [-0.4, -0.2) is 6.29 Å². The standard InChI is InChI=1S/C7H9O/c1-3-5-7(4-2)6-8/h3-4H,1,5H2,2H3. The molecule has 0 atom stereocenters. The first-order valence-electron chi connectivity index (χ1n) is 2.49. The second-order valence-electron chi connectivity index (χ2n) is 1.41. The smallest absolute Gasteiger partial charge is 0.229 e. The van der Waals surface area contributed by atoms with Gasteiger partial charge in [-0.05, 0) is 13.3 Å². The van der Waals surface area contributed by atoms with Gasteiger partial charge in [0, 0.05) is 5.57 Å². The van der Waals surface area contributed by atoms with Crippen molar-refractivity contribution >= 4 is 6.29 Å². The molecule has 0 saturated heterocycles. The van der Waals surface area contributed by atoms with Gasteiger partial charge < -0.3 is 0 Å². The Morgan fingerprint density at radius 2 is 2.50 bits per heavy atom. The monoisotopic (exact) mass is 109 g/mol. The summed E-state index contributed by atoms with van der Waals surface area (Å²) in [6.45, 7) is 5.29. The highest BCUT2D eigenvalue weighted by Gasteiger charge is 1.86. The summed E-state index contributed by atoms with van der Waals surface area (Å²) >= 11 is 0. The van der Waals surface area contributed by atoms with Crippen LogP contribution in [0.15, 0.2) is 24.3 Å². The maximum absolute atomic E-state index is 9.88. The number of allylic oxidation sites excluding steroid dienone is 3. The summed E-state index contributed by atoms with van der Waals surface area (Å²) < 4.78 is 0. The van der Waals surface area contributed by atoms with Gasteiger partial charge in [0.1, 0.15) is 0 Å². The van der Waals surface area contributed by atoms with E-state index < -0.39 is 0 Å². The molecule has 1 nitrogen and oxygen atoms in total. The summed E-state index contributed by atoms with van der Waals surface area (Å²) in [5.74, 6) is 0. The second kappa shape index (κ2) is 4.31. The van der Waals surface area contributed by atoms with Crippen molar-refractivity contribution in [1.29, 1.82) is 0 Å². The fraction of sp³-hybridized carbons (Fsp3) is 0.286.